The summed E-state index contributed by atoms with van der Waals surface area (Å²) in [4.78, 5) is 24.6. The summed E-state index contributed by atoms with van der Waals surface area (Å²) in [5.41, 5.74) is 7.26. The molecule has 0 saturated heterocycles. The molecule has 0 aromatic rings. The van der Waals surface area contributed by atoms with Gasteiger partial charge < -0.3 is 9.80 Å². The molecule has 0 bridgehead atoms. The standard InChI is InChI=1S/C7H14N3O2/c1-9(2)6(11)5(8)7(12)10(3)4/h5,8H,1-4H3. The molecule has 0 aliphatic heterocycles. The van der Waals surface area contributed by atoms with Gasteiger partial charge in [-0.15, -0.1) is 0 Å². The van der Waals surface area contributed by atoms with Gasteiger partial charge in [-0.3, -0.25) is 9.59 Å². The second kappa shape index (κ2) is 4.06. The van der Waals surface area contributed by atoms with E-state index in [1.165, 1.54) is 38.0 Å². The molecule has 1 N–H and O–H groups in total. The molecule has 0 aliphatic carbocycles. The topological polar surface area (TPSA) is 64.4 Å². The molecule has 0 fully saturated rings. The molecule has 12 heavy (non-hydrogen) atoms. The van der Waals surface area contributed by atoms with Crippen LogP contribution in [-0.4, -0.2) is 55.8 Å². The minimum atomic E-state index is -1.32. The summed E-state index contributed by atoms with van der Waals surface area (Å²) in [5, 5.41) is 0. The van der Waals surface area contributed by atoms with E-state index in [2.05, 4.69) is 0 Å². The summed E-state index contributed by atoms with van der Waals surface area (Å²) in [6.07, 6.45) is 0. The number of hydrogen-bond acceptors (Lipinski definition) is 2. The van der Waals surface area contributed by atoms with E-state index in [-0.39, 0.29) is 0 Å². The second-order valence-electron chi connectivity index (χ2n) is 2.90. The van der Waals surface area contributed by atoms with Crippen LogP contribution >= 0.6 is 0 Å². The Balaban J connectivity index is 4.30. The summed E-state index contributed by atoms with van der Waals surface area (Å²) in [6, 6.07) is -1.32. The number of carbonyl (C=O) groups excluding carboxylic acids is 2. The Morgan fingerprint density at radius 3 is 1.42 bits per heavy atom. The highest BCUT2D eigenvalue weighted by atomic mass is 16.2. The van der Waals surface area contributed by atoms with Crippen LogP contribution in [0.4, 0.5) is 0 Å². The zero-order chi connectivity index (χ0) is 9.89. The molecule has 0 aromatic carbocycles. The fourth-order valence-corrected chi connectivity index (χ4v) is 0.622. The molecular formula is C7H14N3O2. The molecule has 5 nitrogen and oxygen atoms in total. The average molecular weight is 172 g/mol. The highest BCUT2D eigenvalue weighted by Gasteiger charge is 2.25. The van der Waals surface area contributed by atoms with Gasteiger partial charge >= 0.3 is 0 Å². The fraction of sp³-hybridized carbons (Fsp3) is 0.714. The number of amides is 2. The van der Waals surface area contributed by atoms with E-state index in [1.807, 2.05) is 0 Å². The number of carbonyl (C=O) groups is 2. The van der Waals surface area contributed by atoms with Crippen molar-refractivity contribution in [1.82, 2.24) is 15.5 Å². The first-order valence-corrected chi connectivity index (χ1v) is 3.51. The minimum Gasteiger partial charge on any atom is -0.347 e. The summed E-state index contributed by atoms with van der Waals surface area (Å²) >= 11 is 0. The summed E-state index contributed by atoms with van der Waals surface area (Å²) in [7, 11) is 6.08. The van der Waals surface area contributed by atoms with E-state index < -0.39 is 17.9 Å². The first-order chi connectivity index (χ1) is 5.37. The molecule has 0 heterocycles. The Labute approximate surface area is 72.1 Å². The van der Waals surface area contributed by atoms with Gasteiger partial charge in [-0.2, -0.15) is 0 Å². The van der Waals surface area contributed by atoms with Crippen LogP contribution in [0.15, 0.2) is 0 Å². The zero-order valence-corrected chi connectivity index (χ0v) is 7.79. The maximum absolute atomic E-state index is 11.1. The summed E-state index contributed by atoms with van der Waals surface area (Å²) in [6.45, 7) is 0. The molecule has 2 amide bonds. The van der Waals surface area contributed by atoms with Crippen molar-refractivity contribution in [2.24, 2.45) is 0 Å². The quantitative estimate of drug-likeness (QED) is 0.492. The molecule has 5 heteroatoms. The van der Waals surface area contributed by atoms with Crippen molar-refractivity contribution >= 4 is 11.8 Å². The van der Waals surface area contributed by atoms with Crippen molar-refractivity contribution in [3.63, 3.8) is 0 Å². The van der Waals surface area contributed by atoms with Crippen molar-refractivity contribution in [2.75, 3.05) is 28.2 Å². The predicted molar refractivity (Wildman–Crippen MR) is 44.3 cm³/mol. The van der Waals surface area contributed by atoms with Crippen LogP contribution in [0, 0.1) is 0 Å². The maximum atomic E-state index is 11.1. The smallest absolute Gasteiger partial charge is 0.250 e. The molecule has 1 radical (unpaired) electrons. The fourth-order valence-electron chi connectivity index (χ4n) is 0.622. The Morgan fingerprint density at radius 1 is 1.00 bits per heavy atom. The number of hydrogen-bond donors (Lipinski definition) is 0. The molecule has 0 aliphatic rings. The molecule has 0 atom stereocenters. The van der Waals surface area contributed by atoms with Gasteiger partial charge in [-0.05, 0) is 0 Å². The first kappa shape index (κ1) is 10.9. The molecule has 0 saturated carbocycles. The van der Waals surface area contributed by atoms with Gasteiger partial charge in [-0.25, -0.2) is 5.73 Å². The van der Waals surface area contributed by atoms with Gasteiger partial charge in [0.1, 0.15) is 0 Å². The van der Waals surface area contributed by atoms with Gasteiger partial charge in [0.15, 0.2) is 6.04 Å². The number of nitrogens with zero attached hydrogens (tertiary/aromatic N) is 2. The largest absolute Gasteiger partial charge is 0.347 e. The van der Waals surface area contributed by atoms with E-state index in [9.17, 15) is 9.59 Å². The van der Waals surface area contributed by atoms with Gasteiger partial charge in [0.25, 0.3) is 0 Å². The lowest BCUT2D eigenvalue weighted by atomic mass is 10.2. The molecule has 0 spiro atoms. The van der Waals surface area contributed by atoms with Crippen LogP contribution in [0.3, 0.4) is 0 Å². The molecule has 69 valence electrons. The number of rotatable bonds is 2. The molecule has 0 unspecified atom stereocenters. The van der Waals surface area contributed by atoms with Gasteiger partial charge in [0, 0.05) is 28.2 Å². The monoisotopic (exact) mass is 172 g/mol. The first-order valence-electron chi connectivity index (χ1n) is 3.51. The lowest BCUT2D eigenvalue weighted by Crippen LogP contribution is -2.45. The van der Waals surface area contributed by atoms with E-state index in [0.717, 1.165) is 0 Å². The van der Waals surface area contributed by atoms with Gasteiger partial charge in [0.2, 0.25) is 11.8 Å². The van der Waals surface area contributed by atoms with Crippen LogP contribution in [0.25, 0.3) is 0 Å². The SMILES string of the molecule is CN(C)C(=O)C([NH])C(=O)N(C)C. The lowest BCUT2D eigenvalue weighted by molar-refractivity contribution is -0.140. The van der Waals surface area contributed by atoms with E-state index in [1.54, 1.807) is 0 Å². The highest BCUT2D eigenvalue weighted by Crippen LogP contribution is 1.92. The van der Waals surface area contributed by atoms with Crippen LogP contribution < -0.4 is 5.73 Å². The van der Waals surface area contributed by atoms with Crippen molar-refractivity contribution in [2.45, 2.75) is 6.04 Å². The predicted octanol–water partition coefficient (Wildman–Crippen LogP) is -1.19. The normalized spacial score (nSPS) is 9.83. The Morgan fingerprint density at radius 2 is 1.25 bits per heavy atom. The summed E-state index contributed by atoms with van der Waals surface area (Å²) in [5.74, 6) is -0.984. The van der Waals surface area contributed by atoms with Gasteiger partial charge in [0.05, 0.1) is 0 Å². The average Bonchev–Trinajstić information content (AvgIpc) is 2.00. The Bertz CT molecular complexity index is 169. The summed E-state index contributed by atoms with van der Waals surface area (Å²) < 4.78 is 0. The van der Waals surface area contributed by atoms with Crippen molar-refractivity contribution in [3.8, 4) is 0 Å². The van der Waals surface area contributed by atoms with Crippen LogP contribution in [0.2, 0.25) is 0 Å². The molecule has 0 aromatic heterocycles. The Kier molecular flexibility index (Phi) is 3.69. The molecule has 0 rings (SSSR count). The number of likely N-dealkylation sites (N-methyl/N-ethyl adjacent to an activating group) is 2. The van der Waals surface area contributed by atoms with Crippen molar-refractivity contribution in [3.05, 3.63) is 0 Å². The van der Waals surface area contributed by atoms with Crippen molar-refractivity contribution in [1.29, 1.82) is 0 Å². The lowest BCUT2D eigenvalue weighted by Gasteiger charge is -2.18. The second-order valence-corrected chi connectivity index (χ2v) is 2.90. The number of nitrogens with one attached hydrogen (secondary N) is 1. The third kappa shape index (κ3) is 2.50. The third-order valence-corrected chi connectivity index (χ3v) is 1.38. The van der Waals surface area contributed by atoms with Crippen LogP contribution in [0.5, 0.6) is 0 Å². The maximum Gasteiger partial charge on any atom is 0.250 e. The van der Waals surface area contributed by atoms with Gasteiger partial charge in [-0.1, -0.05) is 0 Å². The van der Waals surface area contributed by atoms with Crippen molar-refractivity contribution < 1.29 is 9.59 Å². The van der Waals surface area contributed by atoms with E-state index >= 15 is 0 Å². The van der Waals surface area contributed by atoms with Crippen LogP contribution in [0.1, 0.15) is 0 Å². The highest BCUT2D eigenvalue weighted by molar-refractivity contribution is 6.03. The third-order valence-electron chi connectivity index (χ3n) is 1.38. The minimum absolute atomic E-state index is 0.492. The Hall–Kier alpha value is -1.10. The molecular weight excluding hydrogens is 158 g/mol. The van der Waals surface area contributed by atoms with E-state index in [4.69, 9.17) is 5.73 Å². The zero-order valence-electron chi connectivity index (χ0n) is 7.79. The van der Waals surface area contributed by atoms with E-state index in [0.29, 0.717) is 0 Å². The van der Waals surface area contributed by atoms with Crippen LogP contribution in [-0.2, 0) is 9.59 Å².